The van der Waals surface area contributed by atoms with Crippen molar-refractivity contribution < 1.29 is 14.4 Å². The summed E-state index contributed by atoms with van der Waals surface area (Å²) in [4.78, 5) is 12.0. The number of nitrogens with one attached hydrogen (secondary N) is 1. The Balaban J connectivity index is 1.74. The molecule has 0 bridgehead atoms. The molecule has 0 saturated heterocycles. The van der Waals surface area contributed by atoms with E-state index in [1.807, 2.05) is 13.8 Å². The van der Waals surface area contributed by atoms with E-state index in [0.717, 1.165) is 48.5 Å². The van der Waals surface area contributed by atoms with Crippen LogP contribution in [0.4, 0.5) is 0 Å². The largest absolute Gasteiger partial charge is 0.396 e. The average molecular weight is 312 g/mol. The number of thioether (sulfide) groups is 1. The zero-order chi connectivity index (χ0) is 15.2. The standard InChI is InChI=1S/C15H24N2O3S/c1-10-13(11(2)20-17-10)8-21-9-15(19)16-14-6-4-3-5-12(14)7-18/h12,14,18H,3-9H2,1-2H3,(H,16,19). The Morgan fingerprint density at radius 2 is 2.19 bits per heavy atom. The number of rotatable bonds is 6. The molecule has 21 heavy (non-hydrogen) atoms. The second-order valence-electron chi connectivity index (χ2n) is 5.70. The lowest BCUT2D eigenvalue weighted by molar-refractivity contribution is -0.120. The fraction of sp³-hybridized carbons (Fsp3) is 0.733. The molecule has 2 unspecified atom stereocenters. The van der Waals surface area contributed by atoms with E-state index in [2.05, 4.69) is 10.5 Å². The minimum absolute atomic E-state index is 0.0529. The van der Waals surface area contributed by atoms with Crippen molar-refractivity contribution in [3.63, 3.8) is 0 Å². The molecule has 1 saturated carbocycles. The smallest absolute Gasteiger partial charge is 0.230 e. The Bertz CT molecular complexity index is 456. The zero-order valence-corrected chi connectivity index (χ0v) is 13.5. The molecule has 2 rings (SSSR count). The van der Waals surface area contributed by atoms with Gasteiger partial charge < -0.3 is 14.9 Å². The fourth-order valence-electron chi connectivity index (χ4n) is 2.82. The number of aliphatic hydroxyl groups excluding tert-OH is 1. The van der Waals surface area contributed by atoms with Gasteiger partial charge in [-0.25, -0.2) is 0 Å². The SMILES string of the molecule is Cc1noc(C)c1CSCC(=O)NC1CCCCC1CO. The molecule has 118 valence electrons. The van der Waals surface area contributed by atoms with Crippen LogP contribution in [0.1, 0.15) is 42.7 Å². The Hall–Kier alpha value is -1.01. The maximum Gasteiger partial charge on any atom is 0.230 e. The summed E-state index contributed by atoms with van der Waals surface area (Å²) in [5.74, 6) is 2.27. The molecule has 1 fully saturated rings. The summed E-state index contributed by atoms with van der Waals surface area (Å²) in [6.07, 6.45) is 4.27. The quantitative estimate of drug-likeness (QED) is 0.842. The van der Waals surface area contributed by atoms with Crippen LogP contribution in [0.2, 0.25) is 0 Å². The van der Waals surface area contributed by atoms with Crippen LogP contribution in [-0.4, -0.2) is 34.6 Å². The monoisotopic (exact) mass is 312 g/mol. The third-order valence-corrected chi connectivity index (χ3v) is 5.11. The number of hydrogen-bond donors (Lipinski definition) is 2. The first-order valence-corrected chi connectivity index (χ1v) is 8.67. The van der Waals surface area contributed by atoms with Gasteiger partial charge >= 0.3 is 0 Å². The van der Waals surface area contributed by atoms with Crippen LogP contribution in [-0.2, 0) is 10.5 Å². The second kappa shape index (κ2) is 7.84. The molecular weight excluding hydrogens is 288 g/mol. The molecule has 0 aromatic carbocycles. The molecule has 0 spiro atoms. The number of carbonyl (C=O) groups is 1. The summed E-state index contributed by atoms with van der Waals surface area (Å²) in [5.41, 5.74) is 1.98. The van der Waals surface area contributed by atoms with Crippen molar-refractivity contribution in [2.45, 2.75) is 51.3 Å². The molecule has 1 aromatic rings. The van der Waals surface area contributed by atoms with Gasteiger partial charge in [0.15, 0.2) is 0 Å². The maximum atomic E-state index is 12.0. The highest BCUT2D eigenvalue weighted by atomic mass is 32.2. The lowest BCUT2D eigenvalue weighted by Crippen LogP contribution is -2.44. The Morgan fingerprint density at radius 1 is 1.43 bits per heavy atom. The van der Waals surface area contributed by atoms with E-state index >= 15 is 0 Å². The van der Waals surface area contributed by atoms with Gasteiger partial charge in [-0.05, 0) is 26.7 Å². The van der Waals surface area contributed by atoms with E-state index in [4.69, 9.17) is 4.52 Å². The Kier molecular flexibility index (Phi) is 6.11. The number of carbonyl (C=O) groups excluding carboxylic acids is 1. The molecule has 1 aliphatic rings. The van der Waals surface area contributed by atoms with Gasteiger partial charge in [0.1, 0.15) is 5.76 Å². The Morgan fingerprint density at radius 3 is 2.86 bits per heavy atom. The predicted molar refractivity (Wildman–Crippen MR) is 83.1 cm³/mol. The van der Waals surface area contributed by atoms with Gasteiger partial charge in [-0.15, -0.1) is 11.8 Å². The summed E-state index contributed by atoms with van der Waals surface area (Å²) in [6.45, 7) is 3.97. The van der Waals surface area contributed by atoms with Crippen molar-refractivity contribution in [1.82, 2.24) is 10.5 Å². The normalized spacial score (nSPS) is 22.2. The van der Waals surface area contributed by atoms with Gasteiger partial charge in [0.2, 0.25) is 5.91 Å². The fourth-order valence-corrected chi connectivity index (χ4v) is 3.81. The van der Waals surface area contributed by atoms with E-state index in [0.29, 0.717) is 5.75 Å². The minimum Gasteiger partial charge on any atom is -0.396 e. The lowest BCUT2D eigenvalue weighted by atomic mass is 9.85. The summed E-state index contributed by atoms with van der Waals surface area (Å²) >= 11 is 1.57. The third-order valence-electron chi connectivity index (χ3n) is 4.15. The molecule has 5 nitrogen and oxygen atoms in total. The van der Waals surface area contributed by atoms with E-state index < -0.39 is 0 Å². The number of hydrogen-bond acceptors (Lipinski definition) is 5. The van der Waals surface area contributed by atoms with Gasteiger partial charge in [-0.3, -0.25) is 4.79 Å². The van der Waals surface area contributed by atoms with Gasteiger partial charge in [0, 0.05) is 29.9 Å². The molecule has 1 aliphatic carbocycles. The zero-order valence-electron chi connectivity index (χ0n) is 12.7. The molecule has 1 heterocycles. The number of amides is 1. The lowest BCUT2D eigenvalue weighted by Gasteiger charge is -2.30. The summed E-state index contributed by atoms with van der Waals surface area (Å²) in [6, 6.07) is 0.135. The van der Waals surface area contributed by atoms with Gasteiger partial charge in [0.25, 0.3) is 0 Å². The molecule has 0 aliphatic heterocycles. The van der Waals surface area contributed by atoms with E-state index in [1.165, 1.54) is 0 Å². The second-order valence-corrected chi connectivity index (χ2v) is 6.68. The van der Waals surface area contributed by atoms with Gasteiger partial charge in [-0.1, -0.05) is 18.0 Å². The molecule has 6 heteroatoms. The van der Waals surface area contributed by atoms with E-state index in [1.54, 1.807) is 11.8 Å². The Labute approximate surface area is 129 Å². The van der Waals surface area contributed by atoms with Gasteiger partial charge in [0.05, 0.1) is 11.4 Å². The van der Waals surface area contributed by atoms with Crippen molar-refractivity contribution in [3.8, 4) is 0 Å². The maximum absolute atomic E-state index is 12.0. The van der Waals surface area contributed by atoms with Crippen molar-refractivity contribution in [1.29, 1.82) is 0 Å². The highest BCUT2D eigenvalue weighted by Gasteiger charge is 2.25. The summed E-state index contributed by atoms with van der Waals surface area (Å²) < 4.78 is 5.11. The van der Waals surface area contributed by atoms with Crippen LogP contribution in [0.5, 0.6) is 0 Å². The summed E-state index contributed by atoms with van der Waals surface area (Å²) in [7, 11) is 0. The highest BCUT2D eigenvalue weighted by Crippen LogP contribution is 2.24. The van der Waals surface area contributed by atoms with Crippen molar-refractivity contribution >= 4 is 17.7 Å². The first-order chi connectivity index (χ1) is 10.1. The molecule has 2 atom stereocenters. The first-order valence-electron chi connectivity index (χ1n) is 7.51. The van der Waals surface area contributed by atoms with Crippen molar-refractivity contribution in [3.05, 3.63) is 17.0 Å². The van der Waals surface area contributed by atoms with Crippen LogP contribution >= 0.6 is 11.8 Å². The minimum atomic E-state index is 0.0529. The topological polar surface area (TPSA) is 75.4 Å². The number of aliphatic hydroxyl groups is 1. The molecular formula is C15H24N2O3S. The van der Waals surface area contributed by atoms with Crippen molar-refractivity contribution in [2.75, 3.05) is 12.4 Å². The molecule has 0 radical (unpaired) electrons. The van der Waals surface area contributed by atoms with Crippen LogP contribution < -0.4 is 5.32 Å². The molecule has 1 amide bonds. The number of aromatic nitrogens is 1. The average Bonchev–Trinajstić information content (AvgIpc) is 2.79. The van der Waals surface area contributed by atoms with Crippen molar-refractivity contribution in [2.24, 2.45) is 5.92 Å². The number of aryl methyl sites for hydroxylation is 2. The van der Waals surface area contributed by atoms with Gasteiger partial charge in [-0.2, -0.15) is 0 Å². The van der Waals surface area contributed by atoms with Crippen LogP contribution in [0.15, 0.2) is 4.52 Å². The van der Waals surface area contributed by atoms with Crippen LogP contribution in [0.25, 0.3) is 0 Å². The predicted octanol–water partition coefficient (Wildman–Crippen LogP) is 2.19. The van der Waals surface area contributed by atoms with E-state index in [9.17, 15) is 9.90 Å². The first kappa shape index (κ1) is 16.4. The number of nitrogens with zero attached hydrogens (tertiary/aromatic N) is 1. The molecule has 1 aromatic heterocycles. The molecule has 2 N–H and O–H groups in total. The van der Waals surface area contributed by atoms with Crippen LogP contribution in [0.3, 0.4) is 0 Å². The van der Waals surface area contributed by atoms with E-state index in [-0.39, 0.29) is 24.5 Å². The third kappa shape index (κ3) is 4.48. The highest BCUT2D eigenvalue weighted by molar-refractivity contribution is 7.99. The summed E-state index contributed by atoms with van der Waals surface area (Å²) in [5, 5.41) is 16.3. The van der Waals surface area contributed by atoms with Crippen LogP contribution in [0, 0.1) is 19.8 Å².